The summed E-state index contributed by atoms with van der Waals surface area (Å²) in [5.74, 6) is -0.239. The molecule has 30 heavy (non-hydrogen) atoms. The molecule has 0 saturated carbocycles. The first-order chi connectivity index (χ1) is 14.4. The van der Waals surface area contributed by atoms with Gasteiger partial charge in [0.1, 0.15) is 6.04 Å². The lowest BCUT2D eigenvalue weighted by Crippen LogP contribution is -2.52. The molecule has 0 fully saturated rings. The Hall–Kier alpha value is -2.76. The molecule has 1 unspecified atom stereocenters. The van der Waals surface area contributed by atoms with Crippen molar-refractivity contribution in [2.24, 2.45) is 0 Å². The minimum atomic E-state index is -0.631. The fraction of sp³-hybridized carbons (Fsp3) is 0.217. The number of nitrogens with zero attached hydrogens (tertiary/aromatic N) is 2. The van der Waals surface area contributed by atoms with Gasteiger partial charge in [-0.3, -0.25) is 9.59 Å². The number of carbonyl (C=O) groups is 2. The Labute approximate surface area is 184 Å². The van der Waals surface area contributed by atoms with Crippen molar-refractivity contribution >= 4 is 35.0 Å². The number of rotatable bonds is 4. The number of furan rings is 1. The van der Waals surface area contributed by atoms with E-state index >= 15 is 0 Å². The van der Waals surface area contributed by atoms with E-state index in [4.69, 9.17) is 27.6 Å². The molecule has 2 heterocycles. The van der Waals surface area contributed by atoms with E-state index in [0.29, 0.717) is 29.6 Å². The molecule has 7 heteroatoms. The van der Waals surface area contributed by atoms with Crippen molar-refractivity contribution < 1.29 is 14.0 Å². The molecule has 0 N–H and O–H groups in total. The van der Waals surface area contributed by atoms with Gasteiger partial charge >= 0.3 is 0 Å². The van der Waals surface area contributed by atoms with Gasteiger partial charge in [0.15, 0.2) is 5.76 Å². The third-order valence-corrected chi connectivity index (χ3v) is 5.91. The van der Waals surface area contributed by atoms with Crippen molar-refractivity contribution in [1.29, 1.82) is 0 Å². The minimum absolute atomic E-state index is 0.157. The lowest BCUT2D eigenvalue weighted by atomic mass is 9.93. The Morgan fingerprint density at radius 1 is 1.10 bits per heavy atom. The Kier molecular flexibility index (Phi) is 5.84. The van der Waals surface area contributed by atoms with E-state index in [-0.39, 0.29) is 17.6 Å². The number of halogens is 2. The first kappa shape index (κ1) is 20.5. The van der Waals surface area contributed by atoms with Crippen LogP contribution >= 0.6 is 23.2 Å². The van der Waals surface area contributed by atoms with Crippen LogP contribution in [-0.2, 0) is 24.3 Å². The zero-order valence-corrected chi connectivity index (χ0v) is 17.9. The highest BCUT2D eigenvalue weighted by Gasteiger charge is 2.37. The van der Waals surface area contributed by atoms with Crippen LogP contribution in [0.3, 0.4) is 0 Å². The Bertz CT molecular complexity index is 1080. The van der Waals surface area contributed by atoms with Crippen molar-refractivity contribution in [2.75, 3.05) is 7.05 Å². The molecule has 1 atom stereocenters. The molecular weight excluding hydrogens is 423 g/mol. The first-order valence-electron chi connectivity index (χ1n) is 9.54. The highest BCUT2D eigenvalue weighted by Crippen LogP contribution is 2.27. The van der Waals surface area contributed by atoms with Crippen LogP contribution in [0.5, 0.6) is 0 Å². The zero-order chi connectivity index (χ0) is 21.3. The van der Waals surface area contributed by atoms with Gasteiger partial charge in [-0.1, -0.05) is 53.5 Å². The molecule has 0 radical (unpaired) electrons. The summed E-state index contributed by atoms with van der Waals surface area (Å²) in [4.78, 5) is 29.7. The largest absolute Gasteiger partial charge is 0.459 e. The molecule has 1 aliphatic heterocycles. The van der Waals surface area contributed by atoms with E-state index in [1.165, 1.54) is 6.26 Å². The first-order valence-corrected chi connectivity index (χ1v) is 10.3. The predicted molar refractivity (Wildman–Crippen MR) is 115 cm³/mol. The van der Waals surface area contributed by atoms with E-state index < -0.39 is 6.04 Å². The van der Waals surface area contributed by atoms with Crippen LogP contribution in [0.25, 0.3) is 0 Å². The van der Waals surface area contributed by atoms with Crippen molar-refractivity contribution in [3.8, 4) is 0 Å². The minimum Gasteiger partial charge on any atom is -0.459 e. The van der Waals surface area contributed by atoms with Gasteiger partial charge < -0.3 is 14.2 Å². The summed E-state index contributed by atoms with van der Waals surface area (Å²) in [5.41, 5.74) is 2.89. The number of benzene rings is 2. The summed E-state index contributed by atoms with van der Waals surface area (Å²) in [6, 6.07) is 15.7. The Morgan fingerprint density at radius 2 is 1.87 bits per heavy atom. The molecule has 154 valence electrons. The fourth-order valence-corrected chi connectivity index (χ4v) is 4.20. The molecule has 1 aromatic heterocycles. The van der Waals surface area contributed by atoms with E-state index in [2.05, 4.69) is 0 Å². The molecule has 0 saturated heterocycles. The molecule has 0 spiro atoms. The van der Waals surface area contributed by atoms with Gasteiger partial charge in [-0.2, -0.15) is 0 Å². The van der Waals surface area contributed by atoms with Crippen LogP contribution in [-0.4, -0.2) is 34.7 Å². The standard InChI is InChI=1S/C23H20Cl2N2O3/c1-26(13-17-8-9-18(24)12-19(17)25)22(28)20-11-15-5-2-3-6-16(15)14-27(20)23(29)21-7-4-10-30-21/h2-10,12,20H,11,13-14H2,1H3. The smallest absolute Gasteiger partial charge is 0.290 e. The fourth-order valence-electron chi connectivity index (χ4n) is 3.74. The topological polar surface area (TPSA) is 53.8 Å². The van der Waals surface area contributed by atoms with Crippen molar-refractivity contribution in [1.82, 2.24) is 9.80 Å². The quantitative estimate of drug-likeness (QED) is 0.582. The number of hydrogen-bond acceptors (Lipinski definition) is 3. The average Bonchev–Trinajstić information content (AvgIpc) is 3.28. The Morgan fingerprint density at radius 3 is 2.57 bits per heavy atom. The van der Waals surface area contributed by atoms with Gasteiger partial charge in [-0.05, 0) is 41.0 Å². The summed E-state index contributed by atoms with van der Waals surface area (Å²) in [6.07, 6.45) is 1.90. The van der Waals surface area contributed by atoms with Gasteiger partial charge in [0.25, 0.3) is 5.91 Å². The lowest BCUT2D eigenvalue weighted by Gasteiger charge is -2.37. The van der Waals surface area contributed by atoms with Crippen molar-refractivity contribution in [2.45, 2.75) is 25.6 Å². The normalized spacial score (nSPS) is 15.6. The van der Waals surface area contributed by atoms with E-state index in [1.54, 1.807) is 47.2 Å². The maximum atomic E-state index is 13.4. The molecule has 2 amide bonds. The molecule has 5 nitrogen and oxygen atoms in total. The van der Waals surface area contributed by atoms with E-state index in [9.17, 15) is 9.59 Å². The summed E-state index contributed by atoms with van der Waals surface area (Å²) in [5, 5.41) is 1.04. The van der Waals surface area contributed by atoms with E-state index in [0.717, 1.165) is 16.7 Å². The maximum Gasteiger partial charge on any atom is 0.290 e. The number of carbonyl (C=O) groups excluding carboxylic acids is 2. The van der Waals surface area contributed by atoms with Gasteiger partial charge in [0, 0.05) is 36.6 Å². The number of hydrogen-bond donors (Lipinski definition) is 0. The maximum absolute atomic E-state index is 13.4. The molecule has 0 aliphatic carbocycles. The SMILES string of the molecule is CN(Cc1ccc(Cl)cc1Cl)C(=O)C1Cc2ccccc2CN1C(=O)c1ccco1. The molecular formula is C23H20Cl2N2O3. The van der Waals surface area contributed by atoms with Gasteiger partial charge in [0.2, 0.25) is 5.91 Å². The summed E-state index contributed by atoms with van der Waals surface area (Å²) in [6.45, 7) is 0.664. The van der Waals surface area contributed by atoms with Crippen LogP contribution in [0.1, 0.15) is 27.2 Å². The van der Waals surface area contributed by atoms with Crippen LogP contribution in [0.2, 0.25) is 10.0 Å². The number of amides is 2. The third-order valence-electron chi connectivity index (χ3n) is 5.33. The predicted octanol–water partition coefficient (Wildman–Crippen LogP) is 4.81. The zero-order valence-electron chi connectivity index (χ0n) is 16.3. The lowest BCUT2D eigenvalue weighted by molar-refractivity contribution is -0.135. The van der Waals surface area contributed by atoms with Crippen LogP contribution < -0.4 is 0 Å². The van der Waals surface area contributed by atoms with Crippen LogP contribution in [0, 0.1) is 0 Å². The van der Waals surface area contributed by atoms with Gasteiger partial charge in [0.05, 0.1) is 6.26 Å². The summed E-state index contributed by atoms with van der Waals surface area (Å²) >= 11 is 12.2. The van der Waals surface area contributed by atoms with Gasteiger partial charge in [-0.15, -0.1) is 0 Å². The second kappa shape index (κ2) is 8.54. The Balaban J connectivity index is 1.61. The molecule has 0 bridgehead atoms. The highest BCUT2D eigenvalue weighted by molar-refractivity contribution is 6.35. The second-order valence-electron chi connectivity index (χ2n) is 7.33. The molecule has 4 rings (SSSR count). The van der Waals surface area contributed by atoms with E-state index in [1.807, 2.05) is 24.3 Å². The molecule has 2 aromatic carbocycles. The monoisotopic (exact) mass is 442 g/mol. The number of fused-ring (bicyclic) bond motifs is 1. The molecule has 3 aromatic rings. The summed E-state index contributed by atoms with van der Waals surface area (Å²) in [7, 11) is 1.71. The van der Waals surface area contributed by atoms with Crippen LogP contribution in [0.4, 0.5) is 0 Å². The molecule has 1 aliphatic rings. The number of likely N-dealkylation sites (N-methyl/N-ethyl adjacent to an activating group) is 1. The average molecular weight is 443 g/mol. The van der Waals surface area contributed by atoms with Crippen molar-refractivity contribution in [3.63, 3.8) is 0 Å². The summed E-state index contributed by atoms with van der Waals surface area (Å²) < 4.78 is 5.30. The second-order valence-corrected chi connectivity index (χ2v) is 8.17. The van der Waals surface area contributed by atoms with Crippen molar-refractivity contribution in [3.05, 3.63) is 93.4 Å². The third kappa shape index (κ3) is 4.09. The van der Waals surface area contributed by atoms with Crippen LogP contribution in [0.15, 0.2) is 65.3 Å². The highest BCUT2D eigenvalue weighted by atomic mass is 35.5. The van der Waals surface area contributed by atoms with Gasteiger partial charge in [-0.25, -0.2) is 0 Å².